The molecular formula is C13H17FN4O2. The molecule has 2 aliphatic rings. The van der Waals surface area contributed by atoms with Gasteiger partial charge in [0.15, 0.2) is 5.82 Å². The number of amides is 1. The van der Waals surface area contributed by atoms with Crippen molar-refractivity contribution in [1.82, 2.24) is 15.3 Å². The molecule has 0 aromatic carbocycles. The lowest BCUT2D eigenvalue weighted by Crippen LogP contribution is -2.28. The predicted molar refractivity (Wildman–Crippen MR) is 69.7 cm³/mol. The number of aromatic nitrogens is 2. The van der Waals surface area contributed by atoms with Crippen LogP contribution >= 0.6 is 0 Å². The Labute approximate surface area is 116 Å². The van der Waals surface area contributed by atoms with Gasteiger partial charge in [0.25, 0.3) is 0 Å². The van der Waals surface area contributed by atoms with E-state index in [2.05, 4.69) is 15.3 Å². The summed E-state index contributed by atoms with van der Waals surface area (Å²) in [7, 11) is 1.63. The monoisotopic (exact) mass is 280 g/mol. The molecular weight excluding hydrogens is 263 g/mol. The summed E-state index contributed by atoms with van der Waals surface area (Å²) in [5.41, 5.74) is 0. The lowest BCUT2D eigenvalue weighted by molar-refractivity contribution is -0.123. The summed E-state index contributed by atoms with van der Waals surface area (Å²) in [6.45, 7) is 1.49. The molecule has 7 heteroatoms. The van der Waals surface area contributed by atoms with Crippen LogP contribution < -0.4 is 10.2 Å². The quantitative estimate of drug-likeness (QED) is 0.865. The maximum Gasteiger partial charge on any atom is 0.225 e. The van der Waals surface area contributed by atoms with Gasteiger partial charge in [-0.2, -0.15) is 0 Å². The fraction of sp³-hybridized carbons (Fsp3) is 0.615. The number of hydrogen-bond acceptors (Lipinski definition) is 5. The molecule has 3 heterocycles. The van der Waals surface area contributed by atoms with Crippen molar-refractivity contribution in [2.45, 2.75) is 25.0 Å². The van der Waals surface area contributed by atoms with E-state index in [1.54, 1.807) is 7.05 Å². The van der Waals surface area contributed by atoms with E-state index in [4.69, 9.17) is 4.74 Å². The van der Waals surface area contributed by atoms with Gasteiger partial charge in [-0.25, -0.2) is 14.4 Å². The maximum atomic E-state index is 12.8. The Morgan fingerprint density at radius 3 is 2.90 bits per heavy atom. The van der Waals surface area contributed by atoms with Crippen molar-refractivity contribution in [3.8, 4) is 0 Å². The van der Waals surface area contributed by atoms with Crippen LogP contribution in [-0.4, -0.2) is 48.2 Å². The molecule has 1 amide bonds. The van der Waals surface area contributed by atoms with Crippen molar-refractivity contribution in [2.24, 2.45) is 5.92 Å². The Kier molecular flexibility index (Phi) is 3.52. The van der Waals surface area contributed by atoms with E-state index >= 15 is 0 Å². The fourth-order valence-corrected chi connectivity index (χ4v) is 2.93. The molecule has 108 valence electrons. The second-order valence-electron chi connectivity index (χ2n) is 5.28. The summed E-state index contributed by atoms with van der Waals surface area (Å²) in [5, 5.41) is 2.61. The van der Waals surface area contributed by atoms with Gasteiger partial charge in [-0.3, -0.25) is 4.79 Å². The summed E-state index contributed by atoms with van der Waals surface area (Å²) in [4.78, 5) is 21.3. The minimum atomic E-state index is -0.435. The highest BCUT2D eigenvalue weighted by Gasteiger charge is 2.43. The maximum absolute atomic E-state index is 12.8. The first kappa shape index (κ1) is 13.2. The highest BCUT2D eigenvalue weighted by molar-refractivity contribution is 5.76. The smallest absolute Gasteiger partial charge is 0.225 e. The van der Waals surface area contributed by atoms with Gasteiger partial charge in [-0.1, -0.05) is 0 Å². The molecule has 1 N–H and O–H groups in total. The number of carbonyl (C=O) groups is 1. The third kappa shape index (κ3) is 2.58. The van der Waals surface area contributed by atoms with Crippen LogP contribution in [0.1, 0.15) is 12.8 Å². The molecule has 0 saturated carbocycles. The van der Waals surface area contributed by atoms with Gasteiger partial charge in [-0.05, 0) is 6.42 Å². The second kappa shape index (κ2) is 5.32. The van der Waals surface area contributed by atoms with Gasteiger partial charge >= 0.3 is 0 Å². The third-order valence-electron chi connectivity index (χ3n) is 3.90. The summed E-state index contributed by atoms with van der Waals surface area (Å²) in [6, 6.07) is 0. The van der Waals surface area contributed by atoms with Gasteiger partial charge in [0.1, 0.15) is 0 Å². The molecule has 0 unspecified atom stereocenters. The lowest BCUT2D eigenvalue weighted by atomic mass is 10.0. The van der Waals surface area contributed by atoms with Crippen molar-refractivity contribution in [2.75, 3.05) is 25.0 Å². The Bertz CT molecular complexity index is 482. The number of rotatable bonds is 3. The summed E-state index contributed by atoms with van der Waals surface area (Å²) < 4.78 is 18.7. The van der Waals surface area contributed by atoms with Gasteiger partial charge < -0.3 is 15.0 Å². The van der Waals surface area contributed by atoms with Crippen LogP contribution in [-0.2, 0) is 9.53 Å². The standard InChI is InChI=1S/C13H17FN4O2/c1-15-12(19)3-10-2-8-6-18(7-11(8)20-10)13-16-4-9(14)5-17-13/h4-5,8,10-11H,2-3,6-7H2,1H3,(H,15,19)/t8-,10+,11+/m0/s1. The molecule has 2 aliphatic heterocycles. The van der Waals surface area contributed by atoms with Crippen LogP contribution in [0.25, 0.3) is 0 Å². The van der Waals surface area contributed by atoms with Crippen molar-refractivity contribution in [3.63, 3.8) is 0 Å². The summed E-state index contributed by atoms with van der Waals surface area (Å²) >= 11 is 0. The first-order valence-electron chi connectivity index (χ1n) is 6.74. The Morgan fingerprint density at radius 2 is 2.25 bits per heavy atom. The molecule has 2 saturated heterocycles. The molecule has 6 nitrogen and oxygen atoms in total. The van der Waals surface area contributed by atoms with Crippen LogP contribution in [0.4, 0.5) is 10.3 Å². The van der Waals surface area contributed by atoms with Crippen LogP contribution in [0.2, 0.25) is 0 Å². The fourth-order valence-electron chi connectivity index (χ4n) is 2.93. The number of nitrogens with one attached hydrogen (secondary N) is 1. The third-order valence-corrected chi connectivity index (χ3v) is 3.90. The van der Waals surface area contributed by atoms with Gasteiger partial charge in [0, 0.05) is 26.1 Å². The Hall–Kier alpha value is -1.76. The lowest BCUT2D eigenvalue weighted by Gasteiger charge is -2.18. The molecule has 20 heavy (non-hydrogen) atoms. The molecule has 2 fully saturated rings. The van der Waals surface area contributed by atoms with E-state index in [-0.39, 0.29) is 18.1 Å². The predicted octanol–water partition coefficient (Wildman–Crippen LogP) is 0.345. The number of carbonyl (C=O) groups excluding carboxylic acids is 1. The van der Waals surface area contributed by atoms with Crippen molar-refractivity contribution in [1.29, 1.82) is 0 Å². The molecule has 3 rings (SSSR count). The van der Waals surface area contributed by atoms with Gasteiger partial charge in [0.05, 0.1) is 31.0 Å². The highest BCUT2D eigenvalue weighted by atomic mass is 19.1. The molecule has 0 spiro atoms. The molecule has 1 aromatic rings. The second-order valence-corrected chi connectivity index (χ2v) is 5.28. The topological polar surface area (TPSA) is 67.4 Å². The SMILES string of the molecule is CNC(=O)C[C@H]1C[C@H]2CN(c3ncc(F)cn3)C[C@H]2O1. The van der Waals surface area contributed by atoms with E-state index in [0.717, 1.165) is 13.0 Å². The van der Waals surface area contributed by atoms with Crippen LogP contribution in [0.15, 0.2) is 12.4 Å². The van der Waals surface area contributed by atoms with Crippen molar-refractivity contribution >= 4 is 11.9 Å². The zero-order valence-electron chi connectivity index (χ0n) is 11.3. The number of hydrogen-bond donors (Lipinski definition) is 1. The number of halogens is 1. The zero-order valence-corrected chi connectivity index (χ0v) is 11.3. The molecule has 0 bridgehead atoms. The van der Waals surface area contributed by atoms with E-state index in [1.807, 2.05) is 4.90 Å². The Balaban J connectivity index is 1.58. The van der Waals surface area contributed by atoms with Crippen molar-refractivity contribution < 1.29 is 13.9 Å². The minimum absolute atomic E-state index is 0.00114. The molecule has 0 radical (unpaired) electrons. The average molecular weight is 280 g/mol. The summed E-state index contributed by atoms with van der Waals surface area (Å²) in [5.74, 6) is 0.495. The average Bonchev–Trinajstić information content (AvgIpc) is 2.97. The number of anilines is 1. The van der Waals surface area contributed by atoms with Crippen LogP contribution in [0.5, 0.6) is 0 Å². The van der Waals surface area contributed by atoms with E-state index in [9.17, 15) is 9.18 Å². The van der Waals surface area contributed by atoms with E-state index < -0.39 is 5.82 Å². The first-order chi connectivity index (χ1) is 9.65. The normalized spacial score (nSPS) is 28.5. The highest BCUT2D eigenvalue weighted by Crippen LogP contribution is 2.35. The van der Waals surface area contributed by atoms with E-state index in [1.165, 1.54) is 12.4 Å². The molecule has 1 aromatic heterocycles. The first-order valence-corrected chi connectivity index (χ1v) is 6.74. The number of nitrogens with zero attached hydrogens (tertiary/aromatic N) is 3. The number of fused-ring (bicyclic) bond motifs is 1. The summed E-state index contributed by atoms with van der Waals surface area (Å²) in [6.07, 6.45) is 3.74. The Morgan fingerprint density at radius 1 is 1.50 bits per heavy atom. The van der Waals surface area contributed by atoms with Crippen LogP contribution in [0.3, 0.4) is 0 Å². The largest absolute Gasteiger partial charge is 0.372 e. The number of ether oxygens (including phenoxy) is 1. The molecule has 0 aliphatic carbocycles. The molecule has 3 atom stereocenters. The van der Waals surface area contributed by atoms with E-state index in [0.29, 0.717) is 24.8 Å². The van der Waals surface area contributed by atoms with Crippen molar-refractivity contribution in [3.05, 3.63) is 18.2 Å². The van der Waals surface area contributed by atoms with Gasteiger partial charge in [-0.15, -0.1) is 0 Å². The minimum Gasteiger partial charge on any atom is -0.372 e. The van der Waals surface area contributed by atoms with Crippen LogP contribution in [0, 0.1) is 11.7 Å². The zero-order chi connectivity index (χ0) is 14.1. The van der Waals surface area contributed by atoms with Gasteiger partial charge in [0.2, 0.25) is 11.9 Å².